The van der Waals surface area contributed by atoms with Crippen LogP contribution in [0.2, 0.25) is 0 Å². The zero-order valence-electron chi connectivity index (χ0n) is 11.6. The molecule has 1 heterocycles. The van der Waals surface area contributed by atoms with Gasteiger partial charge in [-0.1, -0.05) is 6.07 Å². The van der Waals surface area contributed by atoms with Gasteiger partial charge in [0.2, 0.25) is 5.91 Å². The number of rotatable bonds is 4. The molecule has 0 aromatic heterocycles. The molecular weight excluding hydrogens is 292 g/mol. The van der Waals surface area contributed by atoms with E-state index in [0.717, 1.165) is 0 Å². The Morgan fingerprint density at radius 3 is 2.90 bits per heavy atom. The van der Waals surface area contributed by atoms with Crippen LogP contribution in [-0.4, -0.2) is 38.0 Å². The van der Waals surface area contributed by atoms with E-state index in [1.165, 1.54) is 6.07 Å². The predicted octanol–water partition coefficient (Wildman–Crippen LogP) is 1.09. The van der Waals surface area contributed by atoms with Gasteiger partial charge in [0, 0.05) is 12.3 Å². The van der Waals surface area contributed by atoms with Gasteiger partial charge >= 0.3 is 0 Å². The molecule has 1 aromatic rings. The molecule has 112 valence electrons. The van der Waals surface area contributed by atoms with Crippen LogP contribution in [0.5, 0.6) is 0 Å². The van der Waals surface area contributed by atoms with Crippen LogP contribution in [0.3, 0.4) is 0 Å². The summed E-state index contributed by atoms with van der Waals surface area (Å²) < 4.78 is 29.6. The summed E-state index contributed by atoms with van der Waals surface area (Å²) >= 11 is 0. The van der Waals surface area contributed by atoms with Gasteiger partial charge in [-0.05, 0) is 31.5 Å². The van der Waals surface area contributed by atoms with Gasteiger partial charge in [-0.2, -0.15) is 5.26 Å². The lowest BCUT2D eigenvalue weighted by Crippen LogP contribution is -2.34. The summed E-state index contributed by atoms with van der Waals surface area (Å²) in [4.78, 5) is 11.9. The normalized spacial score (nSPS) is 21.7. The summed E-state index contributed by atoms with van der Waals surface area (Å²) in [6.45, 7) is 2.10. The van der Waals surface area contributed by atoms with E-state index in [9.17, 15) is 13.2 Å². The smallest absolute Gasteiger partial charge is 0.239 e. The molecular formula is C14H16N2O4S. The Kier molecular flexibility index (Phi) is 4.60. The lowest BCUT2D eigenvalue weighted by Gasteiger charge is -2.14. The maximum absolute atomic E-state index is 12.2. The molecule has 1 N–H and O–H groups in total. The molecule has 1 amide bonds. The van der Waals surface area contributed by atoms with Gasteiger partial charge in [-0.25, -0.2) is 8.42 Å². The van der Waals surface area contributed by atoms with Gasteiger partial charge in [-0.15, -0.1) is 0 Å². The quantitative estimate of drug-likeness (QED) is 0.898. The minimum Gasteiger partial charge on any atom is -0.377 e. The van der Waals surface area contributed by atoms with E-state index in [4.69, 9.17) is 10.00 Å². The molecule has 1 fully saturated rings. The average molecular weight is 308 g/mol. The van der Waals surface area contributed by atoms with E-state index < -0.39 is 26.7 Å². The maximum atomic E-state index is 12.2. The van der Waals surface area contributed by atoms with E-state index in [2.05, 4.69) is 5.32 Å². The maximum Gasteiger partial charge on any atom is 0.239 e. The molecule has 2 rings (SSSR count). The fraction of sp³-hybridized carbons (Fsp3) is 0.429. The summed E-state index contributed by atoms with van der Waals surface area (Å²) in [6.07, 6.45) is 0.0328. The van der Waals surface area contributed by atoms with Crippen molar-refractivity contribution in [3.63, 3.8) is 0 Å². The first kappa shape index (κ1) is 15.5. The number of nitrogens with one attached hydrogen (secondary N) is 1. The van der Waals surface area contributed by atoms with Crippen LogP contribution >= 0.6 is 0 Å². The van der Waals surface area contributed by atoms with Crippen LogP contribution in [-0.2, 0) is 19.4 Å². The number of anilines is 1. The molecule has 1 saturated heterocycles. The molecule has 0 aliphatic carbocycles. The first-order valence-corrected chi connectivity index (χ1v) is 8.27. The van der Waals surface area contributed by atoms with Crippen molar-refractivity contribution in [3.8, 4) is 6.07 Å². The largest absolute Gasteiger partial charge is 0.377 e. The molecule has 1 aromatic carbocycles. The Bertz CT molecular complexity index is 678. The molecule has 0 spiro atoms. The van der Waals surface area contributed by atoms with Crippen LogP contribution in [0.25, 0.3) is 0 Å². The summed E-state index contributed by atoms with van der Waals surface area (Å²) in [6, 6.07) is 8.27. The Balaban J connectivity index is 2.03. The molecule has 6 nitrogen and oxygen atoms in total. The number of nitriles is 1. The Morgan fingerprint density at radius 2 is 2.29 bits per heavy atom. The third kappa shape index (κ3) is 3.80. The van der Waals surface area contributed by atoms with Crippen molar-refractivity contribution in [2.45, 2.75) is 24.7 Å². The summed E-state index contributed by atoms with van der Waals surface area (Å²) in [5, 5.41) is 10.7. The fourth-order valence-electron chi connectivity index (χ4n) is 2.34. The van der Waals surface area contributed by atoms with Crippen molar-refractivity contribution in [3.05, 3.63) is 29.8 Å². The molecule has 2 unspecified atom stereocenters. The van der Waals surface area contributed by atoms with Crippen LogP contribution in [0.15, 0.2) is 24.3 Å². The lowest BCUT2D eigenvalue weighted by atomic mass is 10.2. The second-order valence-corrected chi connectivity index (χ2v) is 7.17. The van der Waals surface area contributed by atoms with Crippen LogP contribution in [0, 0.1) is 11.3 Å². The fourth-order valence-corrected chi connectivity index (χ4v) is 4.11. The number of hydrogen-bond donors (Lipinski definition) is 1. The SMILES string of the molecule is CC1OCCC1S(=O)(=O)CC(=O)Nc1cccc(C#N)c1. The van der Waals surface area contributed by atoms with E-state index in [1.54, 1.807) is 25.1 Å². The summed E-state index contributed by atoms with van der Waals surface area (Å²) in [5.41, 5.74) is 0.804. The zero-order chi connectivity index (χ0) is 15.5. The first-order valence-electron chi connectivity index (χ1n) is 6.55. The van der Waals surface area contributed by atoms with Gasteiger partial charge in [-0.3, -0.25) is 4.79 Å². The average Bonchev–Trinajstić information content (AvgIpc) is 2.85. The van der Waals surface area contributed by atoms with Crippen molar-refractivity contribution in [1.29, 1.82) is 5.26 Å². The second-order valence-electron chi connectivity index (χ2n) is 4.95. The van der Waals surface area contributed by atoms with Gasteiger partial charge < -0.3 is 10.1 Å². The second kappa shape index (κ2) is 6.24. The minimum absolute atomic E-state index is 0.385. The zero-order valence-corrected chi connectivity index (χ0v) is 12.4. The summed E-state index contributed by atoms with van der Waals surface area (Å²) in [7, 11) is -3.55. The number of benzene rings is 1. The highest BCUT2D eigenvalue weighted by molar-refractivity contribution is 7.92. The van der Waals surface area contributed by atoms with E-state index in [-0.39, 0.29) is 6.10 Å². The van der Waals surface area contributed by atoms with E-state index >= 15 is 0 Å². The number of hydrogen-bond acceptors (Lipinski definition) is 5. The molecule has 7 heteroatoms. The van der Waals surface area contributed by atoms with Crippen molar-refractivity contribution in [1.82, 2.24) is 0 Å². The monoisotopic (exact) mass is 308 g/mol. The molecule has 1 aliphatic rings. The van der Waals surface area contributed by atoms with Crippen molar-refractivity contribution >= 4 is 21.4 Å². The summed E-state index contributed by atoms with van der Waals surface area (Å²) in [5.74, 6) is -1.19. The Hall–Kier alpha value is -1.91. The highest BCUT2D eigenvalue weighted by atomic mass is 32.2. The Labute approximate surface area is 123 Å². The molecule has 0 radical (unpaired) electrons. The van der Waals surface area contributed by atoms with Crippen LogP contribution in [0.1, 0.15) is 18.9 Å². The molecule has 0 saturated carbocycles. The molecule has 2 atom stereocenters. The topological polar surface area (TPSA) is 96.3 Å². The number of sulfone groups is 1. The Morgan fingerprint density at radius 1 is 1.52 bits per heavy atom. The highest BCUT2D eigenvalue weighted by Crippen LogP contribution is 2.21. The molecule has 21 heavy (non-hydrogen) atoms. The van der Waals surface area contributed by atoms with Gasteiger partial charge in [0.15, 0.2) is 9.84 Å². The number of amides is 1. The third-order valence-electron chi connectivity index (χ3n) is 3.38. The molecule has 0 bridgehead atoms. The van der Waals surface area contributed by atoms with Crippen LogP contribution in [0.4, 0.5) is 5.69 Å². The van der Waals surface area contributed by atoms with Crippen molar-refractivity contribution in [2.24, 2.45) is 0 Å². The highest BCUT2D eigenvalue weighted by Gasteiger charge is 2.36. The number of nitrogens with zero attached hydrogens (tertiary/aromatic N) is 1. The number of carbonyl (C=O) groups is 1. The van der Waals surface area contributed by atoms with Gasteiger partial charge in [0.1, 0.15) is 5.75 Å². The minimum atomic E-state index is -3.55. The number of carbonyl (C=O) groups excluding carboxylic acids is 1. The van der Waals surface area contributed by atoms with Crippen molar-refractivity contribution < 1.29 is 17.9 Å². The molecule has 1 aliphatic heterocycles. The first-order chi connectivity index (χ1) is 9.92. The van der Waals surface area contributed by atoms with E-state index in [1.807, 2.05) is 6.07 Å². The van der Waals surface area contributed by atoms with Gasteiger partial charge in [0.05, 0.1) is 23.0 Å². The third-order valence-corrected chi connectivity index (χ3v) is 5.58. The predicted molar refractivity (Wildman–Crippen MR) is 77.4 cm³/mol. The van der Waals surface area contributed by atoms with Gasteiger partial charge in [0.25, 0.3) is 0 Å². The standard InChI is InChI=1S/C14H16N2O4S/c1-10-13(5-6-20-10)21(18,19)9-14(17)16-12-4-2-3-11(7-12)8-15/h2-4,7,10,13H,5-6,9H2,1H3,(H,16,17). The van der Waals surface area contributed by atoms with E-state index in [0.29, 0.717) is 24.3 Å². The van der Waals surface area contributed by atoms with Crippen molar-refractivity contribution in [2.75, 3.05) is 17.7 Å². The van der Waals surface area contributed by atoms with Crippen LogP contribution < -0.4 is 5.32 Å². The lowest BCUT2D eigenvalue weighted by molar-refractivity contribution is -0.113. The number of ether oxygens (including phenoxy) is 1.